The van der Waals surface area contributed by atoms with Crippen molar-refractivity contribution in [2.45, 2.75) is 63.1 Å². The first kappa shape index (κ1) is 46.4. The minimum absolute atomic E-state index is 0.0917. The molecule has 0 radical (unpaired) electrons. The maximum absolute atomic E-state index is 13.8. The lowest BCUT2D eigenvalue weighted by atomic mass is 9.98. The zero-order valence-corrected chi connectivity index (χ0v) is 40.0. The second kappa shape index (κ2) is 20.0. The minimum atomic E-state index is -0.974. The maximum atomic E-state index is 13.8. The summed E-state index contributed by atoms with van der Waals surface area (Å²) >= 11 is 0. The number of hydrogen-bond donors (Lipinski definition) is 2. The van der Waals surface area contributed by atoms with E-state index in [4.69, 9.17) is 20.6 Å². The molecule has 0 aliphatic carbocycles. The molecule has 3 aromatic carbocycles. The van der Waals surface area contributed by atoms with Gasteiger partial charge in [-0.15, -0.1) is 0 Å². The highest BCUT2D eigenvalue weighted by Crippen LogP contribution is 2.36. The summed E-state index contributed by atoms with van der Waals surface area (Å²) in [5.41, 5.74) is 10.4. The number of nitrogens with zero attached hydrogens (tertiary/aromatic N) is 11. The Hall–Kier alpha value is -6.96. The van der Waals surface area contributed by atoms with Crippen LogP contribution < -0.4 is 20.7 Å². The van der Waals surface area contributed by atoms with Gasteiger partial charge < -0.3 is 25.2 Å². The van der Waals surface area contributed by atoms with Gasteiger partial charge in [0.05, 0.1) is 22.6 Å². The number of carbonyl (C=O) groups excluding carboxylic acids is 5. The van der Waals surface area contributed by atoms with Crippen molar-refractivity contribution in [3.8, 4) is 22.8 Å². The van der Waals surface area contributed by atoms with Gasteiger partial charge in [0, 0.05) is 95.7 Å². The molecule has 8 heterocycles. The fraction of sp³-hybridized carbons (Fsp3) is 0.462. The fourth-order valence-corrected chi connectivity index (χ4v) is 11.5. The number of benzene rings is 3. The van der Waals surface area contributed by atoms with Crippen molar-refractivity contribution in [2.24, 2.45) is 0 Å². The Morgan fingerprint density at radius 1 is 0.704 bits per heavy atom. The van der Waals surface area contributed by atoms with Crippen LogP contribution in [0.2, 0.25) is 0 Å². The molecule has 2 aromatic heterocycles. The van der Waals surface area contributed by atoms with E-state index in [1.54, 1.807) is 12.1 Å². The average Bonchev–Trinajstić information content (AvgIpc) is 3.92. The molecule has 3 N–H and O–H groups in total. The number of imide groups is 2. The summed E-state index contributed by atoms with van der Waals surface area (Å²) in [7, 11) is 0. The molecule has 71 heavy (non-hydrogen) atoms. The number of anilines is 2. The van der Waals surface area contributed by atoms with Crippen molar-refractivity contribution < 1.29 is 28.7 Å². The lowest BCUT2D eigenvalue weighted by molar-refractivity contribution is -0.136. The third-order valence-corrected chi connectivity index (χ3v) is 15.4. The third-order valence-electron chi connectivity index (χ3n) is 15.4. The van der Waals surface area contributed by atoms with Gasteiger partial charge in [-0.2, -0.15) is 5.10 Å². The largest absolute Gasteiger partial charge is 0.457 e. The van der Waals surface area contributed by atoms with Gasteiger partial charge in [-0.3, -0.25) is 44.1 Å². The average molecular weight is 964 g/mol. The van der Waals surface area contributed by atoms with Gasteiger partial charge in [0.25, 0.3) is 11.8 Å². The van der Waals surface area contributed by atoms with Gasteiger partial charge in [-0.25, -0.2) is 19.4 Å². The standard InChI is InChI=1S/C52H61N13O6/c53-47-45-46(35-9-12-40(13-10-35)71-39-7-2-1-3-8-39)57-65(48(45)55-34-54-47)38-6-4-21-63(33-38)36-17-22-61(23-18-36)52(70)62-30-26-59(27-31-62)20-5-19-58-24-28-60(29-25-58)37-11-14-41-42(32-37)51(69)64(50(41)68)43-15-16-44(66)56-49(43)67/h1-3,7-14,32,34,36,38,43H,4-6,15-31,33H2,(H2,53,54,55)(H,56,66,67)/t38-,43?/m1/s1. The molecule has 5 aromatic rings. The minimum Gasteiger partial charge on any atom is -0.457 e. The molecule has 6 amide bonds. The van der Waals surface area contributed by atoms with Crippen molar-refractivity contribution in [3.05, 3.63) is 90.3 Å². The number of urea groups is 1. The summed E-state index contributed by atoms with van der Waals surface area (Å²) in [4.78, 5) is 88.4. The Labute approximate surface area is 412 Å². The van der Waals surface area contributed by atoms with Crippen LogP contribution in [0.5, 0.6) is 11.5 Å². The molecule has 1 unspecified atom stereocenters. The van der Waals surface area contributed by atoms with Crippen LogP contribution in [0.15, 0.2) is 79.1 Å². The predicted octanol–water partition coefficient (Wildman–Crippen LogP) is 4.32. The number of likely N-dealkylation sites (tertiary alicyclic amines) is 2. The van der Waals surface area contributed by atoms with E-state index in [9.17, 15) is 24.0 Å². The van der Waals surface area contributed by atoms with Crippen molar-refractivity contribution >= 4 is 52.2 Å². The SMILES string of the molecule is Nc1ncnc2c1c(-c1ccc(Oc3ccccc3)cc1)nn2[C@@H]1CCCN(C2CCN(C(=O)N3CCN(CCCN4CCN(c5ccc6c(c5)C(=O)N(C5CCC(=O)NC5=O)C6=O)CC4)CC3)CC2)C1. The number of hydrogen-bond acceptors (Lipinski definition) is 14. The Morgan fingerprint density at radius 2 is 1.39 bits per heavy atom. The summed E-state index contributed by atoms with van der Waals surface area (Å²) in [6.07, 6.45) is 6.73. The summed E-state index contributed by atoms with van der Waals surface area (Å²) in [6, 6.07) is 22.7. The van der Waals surface area contributed by atoms with Crippen LogP contribution >= 0.6 is 0 Å². The number of nitrogen functional groups attached to an aromatic ring is 1. The molecule has 11 rings (SSSR count). The van der Waals surface area contributed by atoms with Gasteiger partial charge in [0.1, 0.15) is 35.4 Å². The van der Waals surface area contributed by atoms with Crippen molar-refractivity contribution in [3.63, 3.8) is 0 Å². The Kier molecular flexibility index (Phi) is 13.1. The molecule has 6 aliphatic rings. The first-order valence-corrected chi connectivity index (χ1v) is 25.3. The summed E-state index contributed by atoms with van der Waals surface area (Å²) in [5.74, 6) is -0.0424. The molecule has 0 spiro atoms. The van der Waals surface area contributed by atoms with E-state index in [1.807, 2.05) is 65.6 Å². The normalized spacial score (nSPS) is 22.1. The molecule has 6 aliphatic heterocycles. The highest BCUT2D eigenvalue weighted by Gasteiger charge is 2.45. The Balaban J connectivity index is 0.611. The third kappa shape index (κ3) is 9.52. The van der Waals surface area contributed by atoms with Gasteiger partial charge in [0.2, 0.25) is 11.8 Å². The van der Waals surface area contributed by atoms with Gasteiger partial charge in [-0.1, -0.05) is 18.2 Å². The second-order valence-electron chi connectivity index (χ2n) is 19.7. The maximum Gasteiger partial charge on any atom is 0.320 e. The van der Waals surface area contributed by atoms with E-state index in [0.717, 1.165) is 168 Å². The number of amides is 6. The quantitative estimate of drug-likeness (QED) is 0.178. The van der Waals surface area contributed by atoms with Crippen molar-refractivity contribution in [2.75, 3.05) is 102 Å². The second-order valence-corrected chi connectivity index (χ2v) is 19.7. The number of aromatic nitrogens is 4. The van der Waals surface area contributed by atoms with Crippen LogP contribution in [0.25, 0.3) is 22.3 Å². The summed E-state index contributed by atoms with van der Waals surface area (Å²) < 4.78 is 8.11. The molecular formula is C52H61N13O6. The Bertz CT molecular complexity index is 2800. The lowest BCUT2D eigenvalue weighted by Crippen LogP contribution is -2.56. The number of piperidine rings is 3. The molecule has 19 nitrogen and oxygen atoms in total. The first-order chi connectivity index (χ1) is 34.6. The predicted molar refractivity (Wildman–Crippen MR) is 266 cm³/mol. The van der Waals surface area contributed by atoms with Gasteiger partial charge >= 0.3 is 6.03 Å². The lowest BCUT2D eigenvalue weighted by Gasteiger charge is -2.44. The molecule has 5 saturated heterocycles. The molecule has 2 atom stereocenters. The molecule has 370 valence electrons. The number of nitrogens with one attached hydrogen (secondary N) is 1. The van der Waals surface area contributed by atoms with Crippen LogP contribution in [0.4, 0.5) is 16.3 Å². The van der Waals surface area contributed by atoms with Crippen molar-refractivity contribution in [1.82, 2.24) is 54.5 Å². The van der Waals surface area contributed by atoms with E-state index in [0.29, 0.717) is 23.0 Å². The van der Waals surface area contributed by atoms with Crippen molar-refractivity contribution in [1.29, 1.82) is 0 Å². The molecule has 0 saturated carbocycles. The number of piperazine rings is 2. The van der Waals surface area contributed by atoms with Crippen LogP contribution in [-0.2, 0) is 9.59 Å². The van der Waals surface area contributed by atoms with Crippen LogP contribution in [0, 0.1) is 0 Å². The highest BCUT2D eigenvalue weighted by molar-refractivity contribution is 6.23. The number of rotatable bonds is 11. The number of para-hydroxylation sites is 1. The monoisotopic (exact) mass is 963 g/mol. The fourth-order valence-electron chi connectivity index (χ4n) is 11.5. The van der Waals surface area contributed by atoms with E-state index >= 15 is 0 Å². The Morgan fingerprint density at radius 3 is 2.13 bits per heavy atom. The zero-order valence-electron chi connectivity index (χ0n) is 40.0. The van der Waals surface area contributed by atoms with Gasteiger partial charge in [0.15, 0.2) is 5.65 Å². The van der Waals surface area contributed by atoms with E-state index < -0.39 is 29.7 Å². The number of ether oxygens (including phenoxy) is 1. The molecule has 19 heteroatoms. The van der Waals surface area contributed by atoms with Crippen LogP contribution in [0.1, 0.15) is 71.7 Å². The number of carbonyl (C=O) groups is 5. The van der Waals surface area contributed by atoms with E-state index in [1.165, 1.54) is 6.33 Å². The van der Waals surface area contributed by atoms with Crippen LogP contribution in [0.3, 0.4) is 0 Å². The first-order valence-electron chi connectivity index (χ1n) is 25.3. The smallest absolute Gasteiger partial charge is 0.320 e. The number of fused-ring (bicyclic) bond motifs is 2. The summed E-state index contributed by atoms with van der Waals surface area (Å²) in [5, 5.41) is 8.19. The van der Waals surface area contributed by atoms with Crippen LogP contribution in [-0.4, -0.2) is 183 Å². The van der Waals surface area contributed by atoms with Gasteiger partial charge in [-0.05, 0) is 113 Å². The topological polar surface area (TPSA) is 199 Å². The zero-order chi connectivity index (χ0) is 48.6. The van der Waals surface area contributed by atoms with E-state index in [-0.39, 0.29) is 24.9 Å². The molecule has 5 fully saturated rings. The molecule has 0 bridgehead atoms. The summed E-state index contributed by atoms with van der Waals surface area (Å²) in [6.45, 7) is 12.0. The van der Waals surface area contributed by atoms with E-state index in [2.05, 4.69) is 39.5 Å². The number of nitrogens with two attached hydrogens (primary N) is 1. The highest BCUT2D eigenvalue weighted by atomic mass is 16.5. The molecular weight excluding hydrogens is 903 g/mol.